The molecule has 24 heavy (non-hydrogen) atoms. The number of pyridine rings is 1. The molecule has 1 atom stereocenters. The van der Waals surface area contributed by atoms with Crippen LogP contribution in [0.15, 0.2) is 36.8 Å². The first-order valence-corrected chi connectivity index (χ1v) is 8.15. The summed E-state index contributed by atoms with van der Waals surface area (Å²) in [6.07, 6.45) is 8.23. The van der Waals surface area contributed by atoms with Gasteiger partial charge >= 0.3 is 0 Å². The van der Waals surface area contributed by atoms with Crippen molar-refractivity contribution in [3.05, 3.63) is 48.0 Å². The monoisotopic (exact) mass is 327 g/mol. The van der Waals surface area contributed by atoms with Crippen LogP contribution < -0.4 is 5.32 Å². The number of carbonyl (C=O) groups excluding carboxylic acids is 2. The van der Waals surface area contributed by atoms with E-state index >= 15 is 0 Å². The van der Waals surface area contributed by atoms with Gasteiger partial charge in [-0.3, -0.25) is 19.3 Å². The normalized spacial score (nSPS) is 17.5. The number of hydrogen-bond acceptors (Lipinski definition) is 4. The van der Waals surface area contributed by atoms with Crippen LogP contribution in [0.2, 0.25) is 0 Å². The standard InChI is InChI=1S/C17H21N5O2/c1-18-16(23)15-7-6-13(11-19-15)17(24)22-10-3-2-5-14(22)12-21-9-4-8-20-21/h4,6-9,11,14H,2-3,5,10,12H2,1H3,(H,18,23)/t14-/m1/s1. The van der Waals surface area contributed by atoms with E-state index in [1.807, 2.05) is 21.8 Å². The molecule has 0 aliphatic carbocycles. The van der Waals surface area contributed by atoms with Crippen LogP contribution in [0.3, 0.4) is 0 Å². The number of likely N-dealkylation sites (tertiary alicyclic amines) is 1. The Morgan fingerprint density at radius 2 is 2.21 bits per heavy atom. The van der Waals surface area contributed by atoms with Gasteiger partial charge in [-0.15, -0.1) is 0 Å². The Bertz CT molecular complexity index is 696. The van der Waals surface area contributed by atoms with E-state index in [9.17, 15) is 9.59 Å². The maximum absolute atomic E-state index is 12.8. The number of hydrogen-bond donors (Lipinski definition) is 1. The zero-order valence-corrected chi connectivity index (χ0v) is 13.7. The molecule has 1 saturated heterocycles. The predicted octanol–water partition coefficient (Wildman–Crippen LogP) is 1.33. The smallest absolute Gasteiger partial charge is 0.269 e. The summed E-state index contributed by atoms with van der Waals surface area (Å²) in [6, 6.07) is 5.26. The Labute approximate surface area is 140 Å². The molecule has 1 N–H and O–H groups in total. The Morgan fingerprint density at radius 3 is 2.88 bits per heavy atom. The van der Waals surface area contributed by atoms with E-state index in [1.165, 1.54) is 6.20 Å². The highest BCUT2D eigenvalue weighted by molar-refractivity contribution is 5.96. The number of piperidine rings is 1. The quantitative estimate of drug-likeness (QED) is 0.919. The van der Waals surface area contributed by atoms with Crippen LogP contribution in [0.4, 0.5) is 0 Å². The summed E-state index contributed by atoms with van der Waals surface area (Å²) in [5.74, 6) is -0.300. The lowest BCUT2D eigenvalue weighted by atomic mass is 10.0. The highest BCUT2D eigenvalue weighted by atomic mass is 16.2. The molecular formula is C17H21N5O2. The summed E-state index contributed by atoms with van der Waals surface area (Å²) in [5.41, 5.74) is 0.816. The largest absolute Gasteiger partial charge is 0.354 e. The van der Waals surface area contributed by atoms with Gasteiger partial charge in [0.2, 0.25) is 0 Å². The van der Waals surface area contributed by atoms with Crippen molar-refractivity contribution >= 4 is 11.8 Å². The lowest BCUT2D eigenvalue weighted by Crippen LogP contribution is -2.46. The second kappa shape index (κ2) is 7.25. The molecule has 0 unspecified atom stereocenters. The van der Waals surface area contributed by atoms with E-state index < -0.39 is 0 Å². The molecular weight excluding hydrogens is 306 g/mol. The second-order valence-electron chi connectivity index (χ2n) is 5.89. The Kier molecular flexibility index (Phi) is 4.88. The first-order valence-electron chi connectivity index (χ1n) is 8.15. The number of nitrogens with one attached hydrogen (secondary N) is 1. The average Bonchev–Trinajstić information content (AvgIpc) is 3.14. The van der Waals surface area contributed by atoms with Crippen molar-refractivity contribution in [1.29, 1.82) is 0 Å². The number of amides is 2. The molecule has 0 saturated carbocycles. The van der Waals surface area contributed by atoms with E-state index in [1.54, 1.807) is 25.4 Å². The molecule has 1 aliphatic rings. The molecule has 2 aromatic rings. The molecule has 0 aromatic carbocycles. The second-order valence-corrected chi connectivity index (χ2v) is 5.89. The minimum atomic E-state index is -0.261. The lowest BCUT2D eigenvalue weighted by molar-refractivity contribution is 0.0583. The molecule has 7 heteroatoms. The van der Waals surface area contributed by atoms with E-state index in [0.717, 1.165) is 25.8 Å². The number of aromatic nitrogens is 3. The van der Waals surface area contributed by atoms with Gasteiger partial charge in [0.15, 0.2) is 0 Å². The predicted molar refractivity (Wildman–Crippen MR) is 88.5 cm³/mol. The van der Waals surface area contributed by atoms with Gasteiger partial charge in [-0.25, -0.2) is 0 Å². The van der Waals surface area contributed by atoms with Crippen LogP contribution in [0.5, 0.6) is 0 Å². The molecule has 1 aliphatic heterocycles. The highest BCUT2D eigenvalue weighted by Gasteiger charge is 2.28. The number of rotatable bonds is 4. The molecule has 1 fully saturated rings. The third kappa shape index (κ3) is 3.45. The Morgan fingerprint density at radius 1 is 1.33 bits per heavy atom. The molecule has 3 heterocycles. The fourth-order valence-electron chi connectivity index (χ4n) is 3.03. The topological polar surface area (TPSA) is 80.1 Å². The molecule has 0 spiro atoms. The summed E-state index contributed by atoms with van der Waals surface area (Å²) in [7, 11) is 1.55. The van der Waals surface area contributed by atoms with E-state index in [2.05, 4.69) is 15.4 Å². The Hall–Kier alpha value is -2.70. The van der Waals surface area contributed by atoms with Gasteiger partial charge in [-0.05, 0) is 37.5 Å². The van der Waals surface area contributed by atoms with Crippen molar-refractivity contribution in [2.24, 2.45) is 0 Å². The van der Waals surface area contributed by atoms with Gasteiger partial charge < -0.3 is 10.2 Å². The summed E-state index contributed by atoms with van der Waals surface area (Å²) in [5, 5.41) is 6.76. The summed E-state index contributed by atoms with van der Waals surface area (Å²) >= 11 is 0. The molecule has 2 aromatic heterocycles. The van der Waals surface area contributed by atoms with E-state index in [4.69, 9.17) is 0 Å². The lowest BCUT2D eigenvalue weighted by Gasteiger charge is -2.35. The van der Waals surface area contributed by atoms with Gasteiger partial charge in [0.1, 0.15) is 5.69 Å². The number of nitrogens with zero attached hydrogens (tertiary/aromatic N) is 4. The molecule has 0 radical (unpaired) electrons. The molecule has 0 bridgehead atoms. The van der Waals surface area contributed by atoms with Crippen molar-refractivity contribution in [2.75, 3.05) is 13.6 Å². The van der Waals surface area contributed by atoms with Crippen molar-refractivity contribution in [3.8, 4) is 0 Å². The fourth-order valence-corrected chi connectivity index (χ4v) is 3.03. The van der Waals surface area contributed by atoms with Gasteiger partial charge in [-0.1, -0.05) is 0 Å². The third-order valence-corrected chi connectivity index (χ3v) is 4.32. The summed E-state index contributed by atoms with van der Waals surface area (Å²) in [4.78, 5) is 30.4. The maximum Gasteiger partial charge on any atom is 0.269 e. The van der Waals surface area contributed by atoms with Crippen LogP contribution in [0.1, 0.15) is 40.1 Å². The van der Waals surface area contributed by atoms with Crippen LogP contribution >= 0.6 is 0 Å². The van der Waals surface area contributed by atoms with Crippen LogP contribution in [0.25, 0.3) is 0 Å². The van der Waals surface area contributed by atoms with Gasteiger partial charge in [-0.2, -0.15) is 5.10 Å². The maximum atomic E-state index is 12.8. The summed E-state index contributed by atoms with van der Waals surface area (Å²) < 4.78 is 1.86. The van der Waals surface area contributed by atoms with Crippen LogP contribution in [-0.4, -0.2) is 51.1 Å². The Balaban J connectivity index is 1.74. The number of carbonyl (C=O) groups is 2. The zero-order chi connectivity index (χ0) is 16.9. The van der Waals surface area contributed by atoms with Crippen molar-refractivity contribution in [2.45, 2.75) is 31.8 Å². The third-order valence-electron chi connectivity index (χ3n) is 4.32. The van der Waals surface area contributed by atoms with Gasteiger partial charge in [0.05, 0.1) is 18.2 Å². The molecule has 3 rings (SSSR count). The van der Waals surface area contributed by atoms with Crippen molar-refractivity contribution < 1.29 is 9.59 Å². The fraction of sp³-hybridized carbons (Fsp3) is 0.412. The molecule has 126 valence electrons. The highest BCUT2D eigenvalue weighted by Crippen LogP contribution is 2.21. The zero-order valence-electron chi connectivity index (χ0n) is 13.7. The van der Waals surface area contributed by atoms with E-state index in [0.29, 0.717) is 17.8 Å². The van der Waals surface area contributed by atoms with Crippen LogP contribution in [-0.2, 0) is 6.54 Å². The molecule has 7 nitrogen and oxygen atoms in total. The van der Waals surface area contributed by atoms with Crippen LogP contribution in [0, 0.1) is 0 Å². The van der Waals surface area contributed by atoms with Crippen molar-refractivity contribution in [3.63, 3.8) is 0 Å². The van der Waals surface area contributed by atoms with Gasteiger partial charge in [0, 0.05) is 32.2 Å². The van der Waals surface area contributed by atoms with E-state index in [-0.39, 0.29) is 17.9 Å². The molecule has 2 amide bonds. The van der Waals surface area contributed by atoms with Gasteiger partial charge in [0.25, 0.3) is 11.8 Å². The average molecular weight is 327 g/mol. The minimum absolute atomic E-state index is 0.0391. The van der Waals surface area contributed by atoms with Crippen molar-refractivity contribution in [1.82, 2.24) is 25.0 Å². The summed E-state index contributed by atoms with van der Waals surface area (Å²) in [6.45, 7) is 1.43. The first-order chi connectivity index (χ1) is 11.7. The minimum Gasteiger partial charge on any atom is -0.354 e. The first kappa shape index (κ1) is 16.2. The SMILES string of the molecule is CNC(=O)c1ccc(C(=O)N2CCCC[C@@H]2Cn2cccn2)cn1.